The van der Waals surface area contributed by atoms with Gasteiger partial charge in [-0.3, -0.25) is 9.59 Å². The van der Waals surface area contributed by atoms with Crippen LogP contribution in [0.4, 0.5) is 0 Å². The molecule has 3 rings (SSSR count). The SMILES string of the molecule is CN(C)C(=O)c1ccc(CCC(=O)NCc2ccc(-c3ccccc3)s2)cc1. The van der Waals surface area contributed by atoms with Crippen LogP contribution < -0.4 is 5.32 Å². The zero-order valence-corrected chi connectivity index (χ0v) is 17.0. The molecule has 144 valence electrons. The molecule has 4 nitrogen and oxygen atoms in total. The Morgan fingerprint density at radius 3 is 2.32 bits per heavy atom. The Labute approximate surface area is 169 Å². The fourth-order valence-electron chi connectivity index (χ4n) is 2.83. The standard InChI is InChI=1S/C23H24N2O2S/c1-25(2)23(27)19-11-8-17(9-12-19)10-15-22(26)24-16-20-13-14-21(28-20)18-6-4-3-5-7-18/h3-9,11-14H,10,15-16H2,1-2H3,(H,24,26). The van der Waals surface area contributed by atoms with Crippen molar-refractivity contribution in [3.05, 3.63) is 82.7 Å². The summed E-state index contributed by atoms with van der Waals surface area (Å²) in [5, 5.41) is 2.99. The highest BCUT2D eigenvalue weighted by Gasteiger charge is 2.09. The molecule has 0 atom stereocenters. The maximum Gasteiger partial charge on any atom is 0.253 e. The number of amides is 2. The molecule has 0 spiro atoms. The summed E-state index contributed by atoms with van der Waals surface area (Å²) in [6, 6.07) is 21.8. The van der Waals surface area contributed by atoms with Crippen LogP contribution in [0.15, 0.2) is 66.7 Å². The Morgan fingerprint density at radius 1 is 0.929 bits per heavy atom. The van der Waals surface area contributed by atoms with Crippen LogP contribution in [0.1, 0.15) is 27.2 Å². The van der Waals surface area contributed by atoms with E-state index in [1.54, 1.807) is 30.3 Å². The second-order valence-electron chi connectivity index (χ2n) is 6.81. The molecule has 0 saturated heterocycles. The van der Waals surface area contributed by atoms with Crippen molar-refractivity contribution in [1.29, 1.82) is 0 Å². The fraction of sp³-hybridized carbons (Fsp3) is 0.217. The smallest absolute Gasteiger partial charge is 0.253 e. The van der Waals surface area contributed by atoms with Gasteiger partial charge in [-0.15, -0.1) is 11.3 Å². The van der Waals surface area contributed by atoms with E-state index < -0.39 is 0 Å². The van der Waals surface area contributed by atoms with Crippen LogP contribution in [0.3, 0.4) is 0 Å². The average molecular weight is 393 g/mol. The Morgan fingerprint density at radius 2 is 1.64 bits per heavy atom. The molecule has 0 bridgehead atoms. The number of benzene rings is 2. The summed E-state index contributed by atoms with van der Waals surface area (Å²) in [6.07, 6.45) is 1.08. The first-order chi connectivity index (χ1) is 13.5. The van der Waals surface area contributed by atoms with Crippen LogP contribution in [0.2, 0.25) is 0 Å². The third-order valence-electron chi connectivity index (χ3n) is 4.43. The number of carbonyl (C=O) groups is 2. The molecule has 1 heterocycles. The van der Waals surface area contributed by atoms with Gasteiger partial charge < -0.3 is 10.2 Å². The monoisotopic (exact) mass is 392 g/mol. The highest BCUT2D eigenvalue weighted by atomic mass is 32.1. The molecule has 0 aliphatic rings. The first kappa shape index (κ1) is 19.8. The molecule has 2 amide bonds. The molecule has 0 aliphatic heterocycles. The molecule has 0 aliphatic carbocycles. The van der Waals surface area contributed by atoms with Crippen molar-refractivity contribution in [1.82, 2.24) is 10.2 Å². The largest absolute Gasteiger partial charge is 0.351 e. The molecule has 0 radical (unpaired) electrons. The summed E-state index contributed by atoms with van der Waals surface area (Å²) >= 11 is 1.70. The summed E-state index contributed by atoms with van der Waals surface area (Å²) in [4.78, 5) is 28.0. The quantitative estimate of drug-likeness (QED) is 0.649. The van der Waals surface area contributed by atoms with Gasteiger partial charge in [-0.1, -0.05) is 42.5 Å². The summed E-state index contributed by atoms with van der Waals surface area (Å²) in [7, 11) is 3.47. The van der Waals surface area contributed by atoms with E-state index in [0.29, 0.717) is 24.9 Å². The van der Waals surface area contributed by atoms with Gasteiger partial charge in [-0.05, 0) is 41.8 Å². The van der Waals surface area contributed by atoms with Crippen LogP contribution in [0.25, 0.3) is 10.4 Å². The van der Waals surface area contributed by atoms with E-state index in [-0.39, 0.29) is 11.8 Å². The van der Waals surface area contributed by atoms with Crippen molar-refractivity contribution in [2.75, 3.05) is 14.1 Å². The van der Waals surface area contributed by atoms with E-state index in [0.717, 1.165) is 10.4 Å². The van der Waals surface area contributed by atoms with Crippen molar-refractivity contribution in [2.45, 2.75) is 19.4 Å². The third-order valence-corrected chi connectivity index (χ3v) is 5.56. The molecule has 28 heavy (non-hydrogen) atoms. The fourth-order valence-corrected chi connectivity index (χ4v) is 3.79. The van der Waals surface area contributed by atoms with Crippen molar-refractivity contribution in [3.63, 3.8) is 0 Å². The normalized spacial score (nSPS) is 10.5. The summed E-state index contributed by atoms with van der Waals surface area (Å²) < 4.78 is 0. The van der Waals surface area contributed by atoms with Gasteiger partial charge in [-0.2, -0.15) is 0 Å². The molecule has 0 saturated carbocycles. The number of hydrogen-bond acceptors (Lipinski definition) is 3. The van der Waals surface area contributed by atoms with Gasteiger partial charge in [0.05, 0.1) is 6.54 Å². The van der Waals surface area contributed by atoms with Gasteiger partial charge in [0.15, 0.2) is 0 Å². The van der Waals surface area contributed by atoms with Crippen molar-refractivity contribution in [2.24, 2.45) is 0 Å². The maximum atomic E-state index is 12.2. The molecule has 0 fully saturated rings. The number of hydrogen-bond donors (Lipinski definition) is 1. The predicted molar refractivity (Wildman–Crippen MR) is 114 cm³/mol. The Hall–Kier alpha value is -2.92. The topological polar surface area (TPSA) is 49.4 Å². The van der Waals surface area contributed by atoms with E-state index in [1.165, 1.54) is 10.4 Å². The first-order valence-corrected chi connectivity index (χ1v) is 10.1. The Kier molecular flexibility index (Phi) is 6.61. The zero-order chi connectivity index (χ0) is 19.9. The van der Waals surface area contributed by atoms with E-state index >= 15 is 0 Å². The minimum Gasteiger partial charge on any atom is -0.351 e. The average Bonchev–Trinajstić information content (AvgIpc) is 3.20. The lowest BCUT2D eigenvalue weighted by molar-refractivity contribution is -0.121. The number of thiophene rings is 1. The molecular weight excluding hydrogens is 368 g/mol. The zero-order valence-electron chi connectivity index (χ0n) is 16.1. The predicted octanol–water partition coefficient (Wildman–Crippen LogP) is 4.37. The van der Waals surface area contributed by atoms with Crippen LogP contribution >= 0.6 is 11.3 Å². The van der Waals surface area contributed by atoms with E-state index in [9.17, 15) is 9.59 Å². The number of carbonyl (C=O) groups excluding carboxylic acids is 2. The second-order valence-corrected chi connectivity index (χ2v) is 7.97. The van der Waals surface area contributed by atoms with Gasteiger partial charge in [-0.25, -0.2) is 0 Å². The molecule has 1 aromatic heterocycles. The molecule has 1 N–H and O–H groups in total. The summed E-state index contributed by atoms with van der Waals surface area (Å²) in [5.41, 5.74) is 2.90. The van der Waals surface area contributed by atoms with Crippen molar-refractivity contribution < 1.29 is 9.59 Å². The minimum absolute atomic E-state index is 0.0184. The molecule has 2 aromatic carbocycles. The highest BCUT2D eigenvalue weighted by Crippen LogP contribution is 2.27. The van der Waals surface area contributed by atoms with Gasteiger partial charge in [0.25, 0.3) is 5.91 Å². The van der Waals surface area contributed by atoms with E-state index in [4.69, 9.17) is 0 Å². The summed E-state index contributed by atoms with van der Waals surface area (Å²) in [5.74, 6) is 0.0122. The Balaban J connectivity index is 1.46. The van der Waals surface area contributed by atoms with Crippen LogP contribution in [-0.2, 0) is 17.8 Å². The van der Waals surface area contributed by atoms with Gasteiger partial charge >= 0.3 is 0 Å². The lowest BCUT2D eigenvalue weighted by atomic mass is 10.1. The summed E-state index contributed by atoms with van der Waals surface area (Å²) in [6.45, 7) is 0.548. The second kappa shape index (κ2) is 9.33. The van der Waals surface area contributed by atoms with Gasteiger partial charge in [0, 0.05) is 35.8 Å². The number of aryl methyl sites for hydroxylation is 1. The van der Waals surface area contributed by atoms with Crippen LogP contribution in [0.5, 0.6) is 0 Å². The first-order valence-electron chi connectivity index (χ1n) is 9.24. The lowest BCUT2D eigenvalue weighted by Gasteiger charge is -2.10. The van der Waals surface area contributed by atoms with Crippen LogP contribution in [0, 0.1) is 0 Å². The van der Waals surface area contributed by atoms with Gasteiger partial charge in [0.1, 0.15) is 0 Å². The lowest BCUT2D eigenvalue weighted by Crippen LogP contribution is -2.22. The number of nitrogens with zero attached hydrogens (tertiary/aromatic N) is 1. The highest BCUT2D eigenvalue weighted by molar-refractivity contribution is 7.15. The third kappa shape index (κ3) is 5.30. The molecule has 0 unspecified atom stereocenters. The van der Waals surface area contributed by atoms with Crippen molar-refractivity contribution >= 4 is 23.2 Å². The number of nitrogens with one attached hydrogen (secondary N) is 1. The van der Waals surface area contributed by atoms with Crippen molar-refractivity contribution in [3.8, 4) is 10.4 Å². The minimum atomic E-state index is -0.0184. The van der Waals surface area contributed by atoms with E-state index in [1.807, 2.05) is 42.5 Å². The maximum absolute atomic E-state index is 12.2. The molecular formula is C23H24N2O2S. The van der Waals surface area contributed by atoms with Crippen LogP contribution in [-0.4, -0.2) is 30.8 Å². The number of rotatable bonds is 7. The van der Waals surface area contributed by atoms with E-state index in [2.05, 4.69) is 29.6 Å². The van der Waals surface area contributed by atoms with Gasteiger partial charge in [0.2, 0.25) is 5.91 Å². The Bertz CT molecular complexity index is 931. The molecule has 5 heteroatoms. The molecule has 3 aromatic rings.